The molecule has 0 aliphatic rings. The molecule has 0 saturated heterocycles. The zero-order valence-electron chi connectivity index (χ0n) is 10.8. The molecule has 92 valence electrons. The van der Waals surface area contributed by atoms with Crippen molar-refractivity contribution < 1.29 is 4.42 Å². The van der Waals surface area contributed by atoms with E-state index >= 15 is 0 Å². The molecule has 2 aromatic heterocycles. The predicted octanol–water partition coefficient (Wildman–Crippen LogP) is 2.80. The zero-order chi connectivity index (χ0) is 13.1. The van der Waals surface area contributed by atoms with E-state index < -0.39 is 0 Å². The molecule has 4 heteroatoms. The lowest BCUT2D eigenvalue weighted by molar-refractivity contribution is 0.563. The van der Waals surface area contributed by atoms with Crippen LogP contribution in [0.2, 0.25) is 0 Å². The molecule has 0 atom stereocenters. The smallest absolute Gasteiger partial charge is 0.147 e. The second kappa shape index (κ2) is 4.92. The number of rotatable bonds is 3. The normalized spacial score (nSPS) is 10.1. The highest BCUT2D eigenvalue weighted by Gasteiger charge is 2.13. The standard InChI is InChI=1S/C14H15N3O/c1-10-6-11(2)16-14(13(10)7-15)17(3)8-12-4-5-18-9-12/h4-6,9H,8H2,1-3H3. The minimum Gasteiger partial charge on any atom is -0.472 e. The topological polar surface area (TPSA) is 53.1 Å². The lowest BCUT2D eigenvalue weighted by atomic mass is 10.1. The monoisotopic (exact) mass is 241 g/mol. The summed E-state index contributed by atoms with van der Waals surface area (Å²) in [5.41, 5.74) is 3.56. The van der Waals surface area contributed by atoms with Crippen LogP contribution in [0.3, 0.4) is 0 Å². The van der Waals surface area contributed by atoms with E-state index in [0.717, 1.165) is 22.6 Å². The maximum atomic E-state index is 9.23. The van der Waals surface area contributed by atoms with E-state index in [2.05, 4.69) is 11.1 Å². The largest absolute Gasteiger partial charge is 0.472 e. The van der Waals surface area contributed by atoms with Gasteiger partial charge in [-0.1, -0.05) is 0 Å². The van der Waals surface area contributed by atoms with E-state index in [1.807, 2.05) is 37.9 Å². The second-order valence-electron chi connectivity index (χ2n) is 4.38. The van der Waals surface area contributed by atoms with E-state index in [1.54, 1.807) is 12.5 Å². The molecule has 2 aromatic rings. The lowest BCUT2D eigenvalue weighted by Gasteiger charge is -2.20. The first-order valence-electron chi connectivity index (χ1n) is 5.72. The summed E-state index contributed by atoms with van der Waals surface area (Å²) in [7, 11) is 1.93. The van der Waals surface area contributed by atoms with E-state index in [9.17, 15) is 5.26 Å². The van der Waals surface area contributed by atoms with Crippen LogP contribution in [-0.4, -0.2) is 12.0 Å². The predicted molar refractivity (Wildman–Crippen MR) is 69.2 cm³/mol. The number of aryl methyl sites for hydroxylation is 2. The van der Waals surface area contributed by atoms with Gasteiger partial charge in [0, 0.05) is 24.8 Å². The van der Waals surface area contributed by atoms with Gasteiger partial charge in [-0.25, -0.2) is 4.98 Å². The van der Waals surface area contributed by atoms with Crippen LogP contribution >= 0.6 is 0 Å². The summed E-state index contributed by atoms with van der Waals surface area (Å²) in [6, 6.07) is 6.06. The van der Waals surface area contributed by atoms with Gasteiger partial charge in [-0.2, -0.15) is 5.26 Å². The Morgan fingerprint density at radius 3 is 2.83 bits per heavy atom. The summed E-state index contributed by atoms with van der Waals surface area (Å²) in [5.74, 6) is 0.719. The van der Waals surface area contributed by atoms with Gasteiger partial charge < -0.3 is 9.32 Å². The number of anilines is 1. The quantitative estimate of drug-likeness (QED) is 0.829. The van der Waals surface area contributed by atoms with Gasteiger partial charge in [-0.3, -0.25) is 0 Å². The first-order chi connectivity index (χ1) is 8.61. The lowest BCUT2D eigenvalue weighted by Crippen LogP contribution is -2.19. The third-order valence-electron chi connectivity index (χ3n) is 2.80. The molecule has 0 bridgehead atoms. The van der Waals surface area contributed by atoms with Crippen LogP contribution in [0.25, 0.3) is 0 Å². The number of nitriles is 1. The average molecular weight is 241 g/mol. The van der Waals surface area contributed by atoms with Gasteiger partial charge >= 0.3 is 0 Å². The Balaban J connectivity index is 2.35. The summed E-state index contributed by atoms with van der Waals surface area (Å²) >= 11 is 0. The van der Waals surface area contributed by atoms with Crippen molar-refractivity contribution in [3.8, 4) is 6.07 Å². The Morgan fingerprint density at radius 1 is 1.44 bits per heavy atom. The fourth-order valence-electron chi connectivity index (χ4n) is 1.96. The number of hydrogen-bond donors (Lipinski definition) is 0. The van der Waals surface area contributed by atoms with E-state index in [4.69, 9.17) is 4.42 Å². The van der Waals surface area contributed by atoms with Gasteiger partial charge in [0.2, 0.25) is 0 Å². The molecule has 0 radical (unpaired) electrons. The van der Waals surface area contributed by atoms with Crippen molar-refractivity contribution in [3.63, 3.8) is 0 Å². The SMILES string of the molecule is Cc1cc(C)c(C#N)c(N(C)Cc2ccoc2)n1. The molecule has 0 spiro atoms. The van der Waals surface area contributed by atoms with Crippen molar-refractivity contribution in [1.82, 2.24) is 4.98 Å². The summed E-state index contributed by atoms with van der Waals surface area (Å²) < 4.78 is 5.04. The van der Waals surface area contributed by atoms with Crippen LogP contribution in [0.4, 0.5) is 5.82 Å². The van der Waals surface area contributed by atoms with Gasteiger partial charge in [0.15, 0.2) is 0 Å². The Morgan fingerprint density at radius 2 is 2.22 bits per heavy atom. The van der Waals surface area contributed by atoms with Gasteiger partial charge in [-0.15, -0.1) is 0 Å². The molecule has 2 heterocycles. The number of hydrogen-bond acceptors (Lipinski definition) is 4. The van der Waals surface area contributed by atoms with E-state index in [0.29, 0.717) is 12.1 Å². The molecule has 0 aliphatic heterocycles. The van der Waals surface area contributed by atoms with Crippen molar-refractivity contribution in [2.75, 3.05) is 11.9 Å². The Hall–Kier alpha value is -2.28. The molecule has 0 aliphatic carbocycles. The summed E-state index contributed by atoms with van der Waals surface area (Å²) in [4.78, 5) is 6.42. The van der Waals surface area contributed by atoms with Gasteiger partial charge in [0.05, 0.1) is 18.1 Å². The zero-order valence-corrected chi connectivity index (χ0v) is 10.8. The molecule has 0 saturated carbocycles. The number of nitrogens with zero attached hydrogens (tertiary/aromatic N) is 3. The maximum absolute atomic E-state index is 9.23. The molecule has 0 amide bonds. The molecule has 2 rings (SSSR count). The van der Waals surface area contributed by atoms with Crippen molar-refractivity contribution in [2.24, 2.45) is 0 Å². The highest BCUT2D eigenvalue weighted by molar-refractivity contribution is 5.57. The minimum atomic E-state index is 0.631. The van der Waals surface area contributed by atoms with E-state index in [1.165, 1.54) is 0 Å². The molecular formula is C14H15N3O. The molecule has 0 fully saturated rings. The Bertz CT molecular complexity index is 582. The van der Waals surface area contributed by atoms with Crippen molar-refractivity contribution in [2.45, 2.75) is 20.4 Å². The van der Waals surface area contributed by atoms with Gasteiger partial charge in [-0.05, 0) is 31.5 Å². The maximum Gasteiger partial charge on any atom is 0.147 e. The molecule has 4 nitrogen and oxygen atoms in total. The summed E-state index contributed by atoms with van der Waals surface area (Å²) in [5, 5.41) is 9.23. The van der Waals surface area contributed by atoms with Crippen LogP contribution in [0.5, 0.6) is 0 Å². The number of aromatic nitrogens is 1. The van der Waals surface area contributed by atoms with Crippen molar-refractivity contribution in [1.29, 1.82) is 5.26 Å². The van der Waals surface area contributed by atoms with Crippen molar-refractivity contribution >= 4 is 5.82 Å². The third-order valence-corrected chi connectivity index (χ3v) is 2.80. The second-order valence-corrected chi connectivity index (χ2v) is 4.38. The van der Waals surface area contributed by atoms with Crippen LogP contribution in [0.15, 0.2) is 29.1 Å². The minimum absolute atomic E-state index is 0.631. The van der Waals surface area contributed by atoms with Crippen LogP contribution in [-0.2, 0) is 6.54 Å². The molecule has 0 N–H and O–H groups in total. The highest BCUT2D eigenvalue weighted by atomic mass is 16.3. The average Bonchev–Trinajstić information content (AvgIpc) is 2.80. The molecular weight excluding hydrogens is 226 g/mol. The molecule has 0 unspecified atom stereocenters. The Kier molecular flexibility index (Phi) is 3.33. The number of furan rings is 1. The number of pyridine rings is 1. The highest BCUT2D eigenvalue weighted by Crippen LogP contribution is 2.22. The first-order valence-corrected chi connectivity index (χ1v) is 5.72. The summed E-state index contributed by atoms with van der Waals surface area (Å²) in [6.07, 6.45) is 3.34. The van der Waals surface area contributed by atoms with Gasteiger partial charge in [0.25, 0.3) is 0 Å². The van der Waals surface area contributed by atoms with Crippen LogP contribution in [0.1, 0.15) is 22.4 Å². The van der Waals surface area contributed by atoms with Crippen molar-refractivity contribution in [3.05, 3.63) is 47.0 Å². The van der Waals surface area contributed by atoms with Crippen LogP contribution < -0.4 is 4.90 Å². The van der Waals surface area contributed by atoms with Gasteiger partial charge in [0.1, 0.15) is 11.9 Å². The Labute approximate surface area is 106 Å². The fourth-order valence-corrected chi connectivity index (χ4v) is 1.96. The third kappa shape index (κ3) is 2.35. The summed E-state index contributed by atoms with van der Waals surface area (Å²) in [6.45, 7) is 4.53. The van der Waals surface area contributed by atoms with E-state index in [-0.39, 0.29) is 0 Å². The van der Waals surface area contributed by atoms with Crippen LogP contribution in [0, 0.1) is 25.2 Å². The fraction of sp³-hybridized carbons (Fsp3) is 0.286. The molecule has 18 heavy (non-hydrogen) atoms. The first kappa shape index (κ1) is 12.2. The molecule has 0 aromatic carbocycles.